The van der Waals surface area contributed by atoms with E-state index in [1.165, 1.54) is 19.3 Å². The lowest BCUT2D eigenvalue weighted by Crippen LogP contribution is -2.17. The Morgan fingerprint density at radius 2 is 2.00 bits per heavy atom. The summed E-state index contributed by atoms with van der Waals surface area (Å²) >= 11 is 0. The standard InChI is InChI=1S/C14H21NO2/c1-3-4-5-11(2)15-12-6-7-13-14(10-12)17-9-8-16-13/h6-7,10-11,15H,3-5,8-9H2,1-2H3. The van der Waals surface area contributed by atoms with E-state index in [0.717, 1.165) is 17.2 Å². The zero-order chi connectivity index (χ0) is 12.1. The van der Waals surface area contributed by atoms with Crippen molar-refractivity contribution in [3.05, 3.63) is 18.2 Å². The lowest BCUT2D eigenvalue weighted by molar-refractivity contribution is 0.171. The molecule has 0 saturated carbocycles. The van der Waals surface area contributed by atoms with Gasteiger partial charge in [0, 0.05) is 17.8 Å². The molecule has 0 aromatic heterocycles. The van der Waals surface area contributed by atoms with Crippen LogP contribution in [0.25, 0.3) is 0 Å². The van der Waals surface area contributed by atoms with Crippen molar-refractivity contribution in [3.63, 3.8) is 0 Å². The van der Waals surface area contributed by atoms with E-state index >= 15 is 0 Å². The Kier molecular flexibility index (Phi) is 4.13. The van der Waals surface area contributed by atoms with Crippen molar-refractivity contribution < 1.29 is 9.47 Å². The number of rotatable bonds is 5. The Morgan fingerprint density at radius 3 is 2.76 bits per heavy atom. The average Bonchev–Trinajstić information content (AvgIpc) is 2.36. The third-order valence-corrected chi connectivity index (χ3v) is 2.95. The number of fused-ring (bicyclic) bond motifs is 1. The number of anilines is 1. The molecule has 1 aliphatic rings. The van der Waals surface area contributed by atoms with Gasteiger partial charge in [-0.3, -0.25) is 0 Å². The highest BCUT2D eigenvalue weighted by Gasteiger charge is 2.12. The number of benzene rings is 1. The van der Waals surface area contributed by atoms with Crippen LogP contribution < -0.4 is 14.8 Å². The number of unbranched alkanes of at least 4 members (excludes halogenated alkanes) is 1. The molecule has 1 aliphatic heterocycles. The molecule has 0 bridgehead atoms. The van der Waals surface area contributed by atoms with Gasteiger partial charge in [0.05, 0.1) is 0 Å². The van der Waals surface area contributed by atoms with Crippen LogP contribution in [0.2, 0.25) is 0 Å². The van der Waals surface area contributed by atoms with Crippen molar-refractivity contribution >= 4 is 5.69 Å². The zero-order valence-electron chi connectivity index (χ0n) is 10.7. The summed E-state index contributed by atoms with van der Waals surface area (Å²) in [4.78, 5) is 0. The maximum absolute atomic E-state index is 5.56. The van der Waals surface area contributed by atoms with Crippen LogP contribution in [0, 0.1) is 0 Å². The second-order valence-corrected chi connectivity index (χ2v) is 4.55. The van der Waals surface area contributed by atoms with Crippen LogP contribution in [-0.2, 0) is 0 Å². The van der Waals surface area contributed by atoms with E-state index < -0.39 is 0 Å². The second-order valence-electron chi connectivity index (χ2n) is 4.55. The smallest absolute Gasteiger partial charge is 0.163 e. The van der Waals surface area contributed by atoms with Crippen molar-refractivity contribution in [2.24, 2.45) is 0 Å². The van der Waals surface area contributed by atoms with Crippen LogP contribution in [0.5, 0.6) is 11.5 Å². The molecule has 2 rings (SSSR count). The summed E-state index contributed by atoms with van der Waals surface area (Å²) in [5.74, 6) is 1.70. The second kappa shape index (κ2) is 5.80. The number of hydrogen-bond donors (Lipinski definition) is 1. The quantitative estimate of drug-likeness (QED) is 0.848. The van der Waals surface area contributed by atoms with Gasteiger partial charge < -0.3 is 14.8 Å². The average molecular weight is 235 g/mol. The molecule has 0 radical (unpaired) electrons. The van der Waals surface area contributed by atoms with Gasteiger partial charge in [-0.2, -0.15) is 0 Å². The molecule has 17 heavy (non-hydrogen) atoms. The molecule has 3 nitrogen and oxygen atoms in total. The Labute approximate surface area is 103 Å². The summed E-state index contributed by atoms with van der Waals surface area (Å²) < 4.78 is 11.1. The molecule has 3 heteroatoms. The molecule has 0 spiro atoms. The summed E-state index contributed by atoms with van der Waals surface area (Å²) in [5, 5.41) is 3.49. The normalized spacial score (nSPS) is 15.4. The fourth-order valence-electron chi connectivity index (χ4n) is 2.00. The third-order valence-electron chi connectivity index (χ3n) is 2.95. The molecular weight excluding hydrogens is 214 g/mol. The first-order chi connectivity index (χ1) is 8.29. The number of ether oxygens (including phenoxy) is 2. The molecular formula is C14H21NO2. The Hall–Kier alpha value is -1.38. The fraction of sp³-hybridized carbons (Fsp3) is 0.571. The molecule has 0 aliphatic carbocycles. The zero-order valence-corrected chi connectivity index (χ0v) is 10.7. The van der Waals surface area contributed by atoms with Gasteiger partial charge in [0.2, 0.25) is 0 Å². The SMILES string of the molecule is CCCCC(C)Nc1ccc2c(c1)OCCO2. The molecule has 1 heterocycles. The Morgan fingerprint density at radius 1 is 1.24 bits per heavy atom. The van der Waals surface area contributed by atoms with Gasteiger partial charge in [0.25, 0.3) is 0 Å². The lowest BCUT2D eigenvalue weighted by atomic mass is 10.1. The van der Waals surface area contributed by atoms with Crippen LogP contribution in [0.15, 0.2) is 18.2 Å². The molecule has 1 aromatic rings. The molecule has 0 amide bonds. The summed E-state index contributed by atoms with van der Waals surface area (Å²) in [6.45, 7) is 5.72. The molecule has 1 unspecified atom stereocenters. The minimum absolute atomic E-state index is 0.498. The highest BCUT2D eigenvalue weighted by Crippen LogP contribution is 2.32. The maximum atomic E-state index is 5.56. The van der Waals surface area contributed by atoms with Gasteiger partial charge in [-0.25, -0.2) is 0 Å². The Balaban J connectivity index is 1.97. The summed E-state index contributed by atoms with van der Waals surface area (Å²) in [5.41, 5.74) is 1.11. The number of hydrogen-bond acceptors (Lipinski definition) is 3. The van der Waals surface area contributed by atoms with Crippen LogP contribution >= 0.6 is 0 Å². The van der Waals surface area contributed by atoms with Crippen molar-refractivity contribution in [3.8, 4) is 11.5 Å². The van der Waals surface area contributed by atoms with E-state index in [-0.39, 0.29) is 0 Å². The third kappa shape index (κ3) is 3.29. The van der Waals surface area contributed by atoms with Gasteiger partial charge >= 0.3 is 0 Å². The monoisotopic (exact) mass is 235 g/mol. The van der Waals surface area contributed by atoms with Crippen molar-refractivity contribution in [2.45, 2.75) is 39.2 Å². The van der Waals surface area contributed by atoms with E-state index in [1.807, 2.05) is 12.1 Å². The Bertz CT molecular complexity index is 365. The van der Waals surface area contributed by atoms with Crippen LogP contribution in [-0.4, -0.2) is 19.3 Å². The lowest BCUT2D eigenvalue weighted by Gasteiger charge is -2.20. The molecule has 94 valence electrons. The van der Waals surface area contributed by atoms with E-state index in [1.54, 1.807) is 0 Å². The van der Waals surface area contributed by atoms with E-state index in [4.69, 9.17) is 9.47 Å². The van der Waals surface area contributed by atoms with Gasteiger partial charge in [-0.1, -0.05) is 19.8 Å². The van der Waals surface area contributed by atoms with Crippen molar-refractivity contribution in [1.82, 2.24) is 0 Å². The minimum Gasteiger partial charge on any atom is -0.486 e. The van der Waals surface area contributed by atoms with Gasteiger partial charge in [-0.05, 0) is 25.5 Å². The van der Waals surface area contributed by atoms with Crippen molar-refractivity contribution in [2.75, 3.05) is 18.5 Å². The highest BCUT2D eigenvalue weighted by molar-refractivity contribution is 5.55. The van der Waals surface area contributed by atoms with Crippen molar-refractivity contribution in [1.29, 1.82) is 0 Å². The first-order valence-corrected chi connectivity index (χ1v) is 6.46. The summed E-state index contributed by atoms with van der Waals surface area (Å²) in [6, 6.07) is 6.55. The van der Waals surface area contributed by atoms with E-state index in [2.05, 4.69) is 25.2 Å². The summed E-state index contributed by atoms with van der Waals surface area (Å²) in [7, 11) is 0. The van der Waals surface area contributed by atoms with Gasteiger partial charge in [0.15, 0.2) is 11.5 Å². The predicted molar refractivity (Wildman–Crippen MR) is 70.0 cm³/mol. The first-order valence-electron chi connectivity index (χ1n) is 6.46. The molecule has 1 N–H and O–H groups in total. The maximum Gasteiger partial charge on any atom is 0.163 e. The first kappa shape index (κ1) is 12.1. The van der Waals surface area contributed by atoms with Crippen LogP contribution in [0.4, 0.5) is 5.69 Å². The largest absolute Gasteiger partial charge is 0.486 e. The minimum atomic E-state index is 0.498. The molecule has 0 fully saturated rings. The van der Waals surface area contributed by atoms with E-state index in [0.29, 0.717) is 19.3 Å². The molecule has 1 atom stereocenters. The topological polar surface area (TPSA) is 30.5 Å². The van der Waals surface area contributed by atoms with Crippen LogP contribution in [0.3, 0.4) is 0 Å². The highest BCUT2D eigenvalue weighted by atomic mass is 16.6. The molecule has 0 saturated heterocycles. The van der Waals surface area contributed by atoms with Gasteiger partial charge in [0.1, 0.15) is 13.2 Å². The number of nitrogens with one attached hydrogen (secondary N) is 1. The fourth-order valence-corrected chi connectivity index (χ4v) is 2.00. The van der Waals surface area contributed by atoms with Crippen LogP contribution in [0.1, 0.15) is 33.1 Å². The summed E-state index contributed by atoms with van der Waals surface area (Å²) in [6.07, 6.45) is 3.71. The van der Waals surface area contributed by atoms with Gasteiger partial charge in [-0.15, -0.1) is 0 Å². The molecule has 1 aromatic carbocycles. The predicted octanol–water partition coefficient (Wildman–Crippen LogP) is 3.45. The van der Waals surface area contributed by atoms with E-state index in [9.17, 15) is 0 Å².